The molecule has 0 aromatic carbocycles. The predicted molar refractivity (Wildman–Crippen MR) is 48.3 cm³/mol. The van der Waals surface area contributed by atoms with Crippen molar-refractivity contribution in [3.63, 3.8) is 0 Å². The molecule has 0 saturated carbocycles. The van der Waals surface area contributed by atoms with Gasteiger partial charge in [-0.15, -0.1) is 0 Å². The van der Waals surface area contributed by atoms with E-state index in [4.69, 9.17) is 0 Å². The van der Waals surface area contributed by atoms with Crippen LogP contribution in [0.5, 0.6) is 0 Å². The molecule has 13 heavy (non-hydrogen) atoms. The first-order valence-electron chi connectivity index (χ1n) is 4.58. The first kappa shape index (κ1) is 8.29. The van der Waals surface area contributed by atoms with E-state index in [1.807, 2.05) is 17.1 Å². The summed E-state index contributed by atoms with van der Waals surface area (Å²) in [4.78, 5) is 11.0. The molecule has 0 radical (unpaired) electrons. The molecule has 0 aliphatic carbocycles. The Labute approximate surface area is 76.9 Å². The summed E-state index contributed by atoms with van der Waals surface area (Å²) in [6.45, 7) is 3.69. The summed E-state index contributed by atoms with van der Waals surface area (Å²) >= 11 is 0. The van der Waals surface area contributed by atoms with E-state index in [0.29, 0.717) is 12.3 Å². The van der Waals surface area contributed by atoms with Gasteiger partial charge in [0.2, 0.25) is 5.91 Å². The van der Waals surface area contributed by atoms with Gasteiger partial charge in [-0.25, -0.2) is 0 Å². The van der Waals surface area contributed by atoms with Gasteiger partial charge >= 0.3 is 0 Å². The van der Waals surface area contributed by atoms with Gasteiger partial charge in [-0.3, -0.25) is 9.48 Å². The maximum atomic E-state index is 11.0. The molecule has 2 rings (SSSR count). The summed E-state index contributed by atoms with van der Waals surface area (Å²) in [6.07, 6.45) is 4.48. The van der Waals surface area contributed by atoms with Crippen LogP contribution in [0.2, 0.25) is 0 Å². The van der Waals surface area contributed by atoms with Crippen molar-refractivity contribution in [3.8, 4) is 0 Å². The first-order valence-corrected chi connectivity index (χ1v) is 4.58. The van der Waals surface area contributed by atoms with Gasteiger partial charge in [0.25, 0.3) is 0 Å². The smallest absolute Gasteiger partial charge is 0.220 e. The Morgan fingerprint density at radius 2 is 2.62 bits per heavy atom. The Balaban J connectivity index is 2.12. The molecule has 1 atom stereocenters. The summed E-state index contributed by atoms with van der Waals surface area (Å²) in [5.41, 5.74) is 1.17. The van der Waals surface area contributed by atoms with Crippen molar-refractivity contribution in [3.05, 3.63) is 18.0 Å². The van der Waals surface area contributed by atoms with Gasteiger partial charge in [-0.2, -0.15) is 5.10 Å². The lowest BCUT2D eigenvalue weighted by atomic mass is 10.0. The quantitative estimate of drug-likeness (QED) is 0.719. The SMILES string of the molecule is CCn1cc(C2CNC(=O)C2)cn1. The highest BCUT2D eigenvalue weighted by Gasteiger charge is 2.23. The van der Waals surface area contributed by atoms with Crippen LogP contribution in [0.1, 0.15) is 24.8 Å². The Bertz CT molecular complexity index is 318. The number of nitrogens with zero attached hydrogens (tertiary/aromatic N) is 2. The molecular formula is C9H13N3O. The maximum absolute atomic E-state index is 11.0. The minimum absolute atomic E-state index is 0.147. The number of hydrogen-bond acceptors (Lipinski definition) is 2. The zero-order valence-electron chi connectivity index (χ0n) is 7.66. The number of amides is 1. The molecule has 1 aromatic rings. The summed E-state index contributed by atoms with van der Waals surface area (Å²) in [5.74, 6) is 0.474. The molecule has 70 valence electrons. The number of carbonyl (C=O) groups excluding carboxylic acids is 1. The number of carbonyl (C=O) groups is 1. The van der Waals surface area contributed by atoms with Gasteiger partial charge in [0.1, 0.15) is 0 Å². The Kier molecular flexibility index (Phi) is 2.04. The van der Waals surface area contributed by atoms with Crippen LogP contribution in [0.25, 0.3) is 0 Å². The van der Waals surface area contributed by atoms with Crippen LogP contribution in [0.15, 0.2) is 12.4 Å². The highest BCUT2D eigenvalue weighted by Crippen LogP contribution is 2.21. The summed E-state index contributed by atoms with van der Waals surface area (Å²) < 4.78 is 1.89. The number of nitrogens with one attached hydrogen (secondary N) is 1. The minimum atomic E-state index is 0.147. The number of hydrogen-bond donors (Lipinski definition) is 1. The second-order valence-electron chi connectivity index (χ2n) is 3.33. The molecule has 1 unspecified atom stereocenters. The topological polar surface area (TPSA) is 46.9 Å². The molecule has 1 saturated heterocycles. The van der Waals surface area contributed by atoms with Crippen LogP contribution in [0.3, 0.4) is 0 Å². The van der Waals surface area contributed by atoms with E-state index in [0.717, 1.165) is 13.1 Å². The van der Waals surface area contributed by atoms with Crippen molar-refractivity contribution in [2.24, 2.45) is 0 Å². The zero-order valence-corrected chi connectivity index (χ0v) is 7.66. The Morgan fingerprint density at radius 1 is 1.77 bits per heavy atom. The summed E-state index contributed by atoms with van der Waals surface area (Å²) in [5, 5.41) is 7.00. The highest BCUT2D eigenvalue weighted by atomic mass is 16.1. The van der Waals surface area contributed by atoms with E-state index >= 15 is 0 Å². The number of rotatable bonds is 2. The van der Waals surface area contributed by atoms with Crippen LogP contribution < -0.4 is 5.32 Å². The Hall–Kier alpha value is -1.32. The van der Waals surface area contributed by atoms with Crippen LogP contribution in [-0.4, -0.2) is 22.2 Å². The molecule has 1 aliphatic heterocycles. The second kappa shape index (κ2) is 3.20. The average Bonchev–Trinajstić information content (AvgIpc) is 2.71. The summed E-state index contributed by atoms with van der Waals surface area (Å²) in [7, 11) is 0. The van der Waals surface area contributed by atoms with Gasteiger partial charge in [-0.05, 0) is 12.5 Å². The van der Waals surface area contributed by atoms with Crippen LogP contribution in [-0.2, 0) is 11.3 Å². The molecule has 2 heterocycles. The molecule has 4 nitrogen and oxygen atoms in total. The van der Waals surface area contributed by atoms with E-state index in [-0.39, 0.29) is 5.91 Å². The second-order valence-corrected chi connectivity index (χ2v) is 3.33. The van der Waals surface area contributed by atoms with Crippen molar-refractivity contribution in [1.29, 1.82) is 0 Å². The van der Waals surface area contributed by atoms with Crippen LogP contribution >= 0.6 is 0 Å². The molecular weight excluding hydrogens is 166 g/mol. The average molecular weight is 179 g/mol. The largest absolute Gasteiger partial charge is 0.355 e. The minimum Gasteiger partial charge on any atom is -0.355 e. The van der Waals surface area contributed by atoms with Gasteiger partial charge in [0, 0.05) is 31.6 Å². The van der Waals surface area contributed by atoms with Gasteiger partial charge in [0.15, 0.2) is 0 Å². The standard InChI is InChI=1S/C9H13N3O/c1-2-12-6-8(5-11-12)7-3-9(13)10-4-7/h5-7H,2-4H2,1H3,(H,10,13). The highest BCUT2D eigenvalue weighted by molar-refractivity contribution is 5.79. The fourth-order valence-electron chi connectivity index (χ4n) is 1.60. The van der Waals surface area contributed by atoms with Gasteiger partial charge < -0.3 is 5.32 Å². The van der Waals surface area contributed by atoms with Crippen molar-refractivity contribution < 1.29 is 4.79 Å². The lowest BCUT2D eigenvalue weighted by Gasteiger charge is -2.01. The lowest BCUT2D eigenvalue weighted by Crippen LogP contribution is -2.13. The van der Waals surface area contributed by atoms with Crippen molar-refractivity contribution in [1.82, 2.24) is 15.1 Å². The molecule has 0 bridgehead atoms. The van der Waals surface area contributed by atoms with E-state index in [1.54, 1.807) is 0 Å². The molecule has 1 amide bonds. The molecule has 4 heteroatoms. The zero-order chi connectivity index (χ0) is 9.26. The number of aryl methyl sites for hydroxylation is 1. The third-order valence-corrected chi connectivity index (χ3v) is 2.43. The molecule has 1 N–H and O–H groups in total. The van der Waals surface area contributed by atoms with Crippen molar-refractivity contribution >= 4 is 5.91 Å². The van der Waals surface area contributed by atoms with E-state index in [2.05, 4.69) is 17.3 Å². The number of aromatic nitrogens is 2. The first-order chi connectivity index (χ1) is 6.29. The maximum Gasteiger partial charge on any atom is 0.220 e. The third kappa shape index (κ3) is 1.56. The monoisotopic (exact) mass is 179 g/mol. The van der Waals surface area contributed by atoms with Crippen LogP contribution in [0, 0.1) is 0 Å². The summed E-state index contributed by atoms with van der Waals surface area (Å²) in [6, 6.07) is 0. The normalized spacial score (nSPS) is 21.9. The van der Waals surface area contributed by atoms with E-state index < -0.39 is 0 Å². The predicted octanol–water partition coefficient (Wildman–Crippen LogP) is 0.506. The molecule has 1 aliphatic rings. The molecule has 1 aromatic heterocycles. The van der Waals surface area contributed by atoms with Crippen molar-refractivity contribution in [2.75, 3.05) is 6.54 Å². The lowest BCUT2D eigenvalue weighted by molar-refractivity contribution is -0.119. The fraction of sp³-hybridized carbons (Fsp3) is 0.556. The van der Waals surface area contributed by atoms with Gasteiger partial charge in [-0.1, -0.05) is 0 Å². The van der Waals surface area contributed by atoms with Crippen molar-refractivity contribution in [2.45, 2.75) is 25.8 Å². The van der Waals surface area contributed by atoms with Gasteiger partial charge in [0.05, 0.1) is 6.20 Å². The molecule has 0 spiro atoms. The Morgan fingerprint density at radius 3 is 3.15 bits per heavy atom. The fourth-order valence-corrected chi connectivity index (χ4v) is 1.60. The third-order valence-electron chi connectivity index (χ3n) is 2.43. The van der Waals surface area contributed by atoms with E-state index in [1.165, 1.54) is 5.56 Å². The van der Waals surface area contributed by atoms with E-state index in [9.17, 15) is 4.79 Å². The molecule has 1 fully saturated rings. The van der Waals surface area contributed by atoms with Crippen LogP contribution in [0.4, 0.5) is 0 Å².